The zero-order valence-electron chi connectivity index (χ0n) is 12.4. The number of nitrogen functional groups attached to an aromatic ring is 1. The summed E-state index contributed by atoms with van der Waals surface area (Å²) in [5.41, 5.74) is 10.6. The van der Waals surface area contributed by atoms with E-state index in [1.165, 1.54) is 30.4 Å². The van der Waals surface area contributed by atoms with Crippen LogP contribution >= 0.6 is 0 Å². The van der Waals surface area contributed by atoms with Gasteiger partial charge in [0.2, 0.25) is 0 Å². The van der Waals surface area contributed by atoms with Gasteiger partial charge in [0, 0.05) is 0 Å². The molecule has 0 atom stereocenters. The molecule has 2 N–H and O–H groups in total. The topological polar surface area (TPSA) is 44.5 Å². The lowest BCUT2D eigenvalue weighted by molar-refractivity contribution is 0.217. The quantitative estimate of drug-likeness (QED) is 0.674. The Balaban J connectivity index is 1.51. The van der Waals surface area contributed by atoms with Crippen LogP contribution < -0.4 is 15.2 Å². The molecule has 1 aliphatic rings. The molecule has 0 saturated carbocycles. The molecule has 0 heterocycles. The van der Waals surface area contributed by atoms with Gasteiger partial charge in [-0.3, -0.25) is 0 Å². The van der Waals surface area contributed by atoms with Crippen LogP contribution in [0.25, 0.3) is 0 Å². The summed E-state index contributed by atoms with van der Waals surface area (Å²) in [5, 5.41) is 0. The van der Waals surface area contributed by atoms with E-state index in [1.54, 1.807) is 0 Å². The summed E-state index contributed by atoms with van der Waals surface area (Å²) in [6.45, 7) is 3.03. The highest BCUT2D eigenvalue weighted by Crippen LogP contribution is 2.26. The highest BCUT2D eigenvalue weighted by atomic mass is 16.5. The fourth-order valence-electron chi connectivity index (χ4n) is 2.72. The minimum atomic E-state index is 0.491. The van der Waals surface area contributed by atoms with Gasteiger partial charge in [0.25, 0.3) is 0 Å². The van der Waals surface area contributed by atoms with Crippen LogP contribution in [-0.4, -0.2) is 13.2 Å². The van der Waals surface area contributed by atoms with Crippen LogP contribution in [-0.2, 0) is 12.8 Å². The standard InChI is InChI=1S/C18H21NO2/c1-13-5-8-17(19)18(11-13)21-10-9-20-16-7-6-14-3-2-4-15(14)12-16/h5-8,11-12H,2-4,9-10,19H2,1H3. The van der Waals surface area contributed by atoms with Crippen LogP contribution in [0.1, 0.15) is 23.1 Å². The Labute approximate surface area is 125 Å². The molecule has 0 saturated heterocycles. The highest BCUT2D eigenvalue weighted by Gasteiger charge is 2.11. The van der Waals surface area contributed by atoms with Gasteiger partial charge in [-0.25, -0.2) is 0 Å². The summed E-state index contributed by atoms with van der Waals surface area (Å²) in [7, 11) is 0. The molecule has 0 amide bonds. The molecule has 3 nitrogen and oxygen atoms in total. The summed E-state index contributed by atoms with van der Waals surface area (Å²) in [6, 6.07) is 12.2. The second-order valence-electron chi connectivity index (χ2n) is 5.52. The van der Waals surface area contributed by atoms with Crippen molar-refractivity contribution in [1.82, 2.24) is 0 Å². The third-order valence-corrected chi connectivity index (χ3v) is 3.85. The van der Waals surface area contributed by atoms with E-state index in [2.05, 4.69) is 12.1 Å². The predicted octanol–water partition coefficient (Wildman–Crippen LogP) is 3.52. The maximum atomic E-state index is 5.88. The Kier molecular flexibility index (Phi) is 4.00. The third kappa shape index (κ3) is 3.30. The van der Waals surface area contributed by atoms with Crippen molar-refractivity contribution in [3.63, 3.8) is 0 Å². The molecule has 2 aromatic rings. The van der Waals surface area contributed by atoms with Crippen LogP contribution in [0, 0.1) is 6.92 Å². The van der Waals surface area contributed by atoms with Crippen LogP contribution in [0.3, 0.4) is 0 Å². The van der Waals surface area contributed by atoms with Gasteiger partial charge in [0.1, 0.15) is 24.7 Å². The Bertz CT molecular complexity index is 637. The van der Waals surface area contributed by atoms with Gasteiger partial charge < -0.3 is 15.2 Å². The number of benzene rings is 2. The number of aryl methyl sites for hydroxylation is 3. The Morgan fingerprint density at radius 1 is 0.952 bits per heavy atom. The van der Waals surface area contributed by atoms with E-state index in [-0.39, 0.29) is 0 Å². The van der Waals surface area contributed by atoms with E-state index in [4.69, 9.17) is 15.2 Å². The van der Waals surface area contributed by atoms with Crippen molar-refractivity contribution in [1.29, 1.82) is 0 Å². The van der Waals surface area contributed by atoms with E-state index in [0.717, 1.165) is 17.1 Å². The summed E-state index contributed by atoms with van der Waals surface area (Å²) in [5.74, 6) is 1.66. The number of fused-ring (bicyclic) bond motifs is 1. The molecule has 2 aromatic carbocycles. The number of hydrogen-bond acceptors (Lipinski definition) is 3. The van der Waals surface area contributed by atoms with Crippen molar-refractivity contribution in [2.75, 3.05) is 18.9 Å². The molecule has 0 spiro atoms. The number of anilines is 1. The summed E-state index contributed by atoms with van der Waals surface area (Å²) in [4.78, 5) is 0. The smallest absolute Gasteiger partial charge is 0.142 e. The van der Waals surface area contributed by atoms with Crippen LogP contribution in [0.15, 0.2) is 36.4 Å². The lowest BCUT2D eigenvalue weighted by Gasteiger charge is -2.11. The zero-order valence-corrected chi connectivity index (χ0v) is 12.4. The minimum absolute atomic E-state index is 0.491. The molecule has 0 fully saturated rings. The van der Waals surface area contributed by atoms with Crippen molar-refractivity contribution in [3.05, 3.63) is 53.1 Å². The van der Waals surface area contributed by atoms with Crippen molar-refractivity contribution in [2.45, 2.75) is 26.2 Å². The van der Waals surface area contributed by atoms with Gasteiger partial charge in [-0.05, 0) is 67.1 Å². The molecular weight excluding hydrogens is 262 g/mol. The second-order valence-corrected chi connectivity index (χ2v) is 5.52. The monoisotopic (exact) mass is 283 g/mol. The average Bonchev–Trinajstić information content (AvgIpc) is 2.94. The van der Waals surface area contributed by atoms with Crippen LogP contribution in [0.2, 0.25) is 0 Å². The first-order valence-electron chi connectivity index (χ1n) is 7.46. The molecule has 21 heavy (non-hydrogen) atoms. The summed E-state index contributed by atoms with van der Waals surface area (Å²) >= 11 is 0. The Hall–Kier alpha value is -2.16. The van der Waals surface area contributed by atoms with Crippen molar-refractivity contribution < 1.29 is 9.47 Å². The Morgan fingerprint density at radius 2 is 1.76 bits per heavy atom. The van der Waals surface area contributed by atoms with Gasteiger partial charge in [-0.1, -0.05) is 12.1 Å². The molecule has 0 aromatic heterocycles. The molecule has 3 heteroatoms. The lowest BCUT2D eigenvalue weighted by atomic mass is 10.1. The first-order valence-corrected chi connectivity index (χ1v) is 7.46. The molecular formula is C18H21NO2. The van der Waals surface area contributed by atoms with Gasteiger partial charge in [-0.15, -0.1) is 0 Å². The fraction of sp³-hybridized carbons (Fsp3) is 0.333. The largest absolute Gasteiger partial charge is 0.490 e. The van der Waals surface area contributed by atoms with E-state index >= 15 is 0 Å². The Morgan fingerprint density at radius 3 is 2.67 bits per heavy atom. The first-order chi connectivity index (χ1) is 10.2. The minimum Gasteiger partial charge on any atom is -0.490 e. The van der Waals surface area contributed by atoms with Gasteiger partial charge in [0.15, 0.2) is 0 Å². The highest BCUT2D eigenvalue weighted by molar-refractivity contribution is 5.53. The van der Waals surface area contributed by atoms with Crippen molar-refractivity contribution in [3.8, 4) is 11.5 Å². The van der Waals surface area contributed by atoms with Crippen molar-refractivity contribution in [2.24, 2.45) is 0 Å². The number of hydrogen-bond donors (Lipinski definition) is 1. The van der Waals surface area contributed by atoms with E-state index in [9.17, 15) is 0 Å². The molecule has 3 rings (SSSR count). The molecule has 1 aliphatic carbocycles. The van der Waals surface area contributed by atoms with Gasteiger partial charge in [0.05, 0.1) is 5.69 Å². The lowest BCUT2D eigenvalue weighted by Crippen LogP contribution is -2.10. The molecule has 0 aliphatic heterocycles. The number of rotatable bonds is 5. The third-order valence-electron chi connectivity index (χ3n) is 3.85. The fourth-order valence-corrected chi connectivity index (χ4v) is 2.72. The normalized spacial score (nSPS) is 13.0. The molecule has 0 radical (unpaired) electrons. The van der Waals surface area contributed by atoms with E-state index < -0.39 is 0 Å². The van der Waals surface area contributed by atoms with Crippen LogP contribution in [0.5, 0.6) is 11.5 Å². The SMILES string of the molecule is Cc1ccc(N)c(OCCOc2ccc3c(c2)CCC3)c1. The number of nitrogens with two attached hydrogens (primary N) is 1. The number of ether oxygens (including phenoxy) is 2. The average molecular weight is 283 g/mol. The van der Waals surface area contributed by atoms with Gasteiger partial charge >= 0.3 is 0 Å². The van der Waals surface area contributed by atoms with E-state index in [1.807, 2.05) is 31.2 Å². The van der Waals surface area contributed by atoms with E-state index in [0.29, 0.717) is 18.9 Å². The predicted molar refractivity (Wildman–Crippen MR) is 85.0 cm³/mol. The maximum absolute atomic E-state index is 5.88. The summed E-state index contributed by atoms with van der Waals surface area (Å²) < 4.78 is 11.4. The maximum Gasteiger partial charge on any atom is 0.142 e. The van der Waals surface area contributed by atoms with Gasteiger partial charge in [-0.2, -0.15) is 0 Å². The molecule has 0 bridgehead atoms. The molecule has 0 unspecified atom stereocenters. The molecule has 110 valence electrons. The van der Waals surface area contributed by atoms with Crippen LogP contribution in [0.4, 0.5) is 5.69 Å². The summed E-state index contributed by atoms with van der Waals surface area (Å²) in [6.07, 6.45) is 3.63. The first kappa shape index (κ1) is 13.8. The second kappa shape index (κ2) is 6.08. The zero-order chi connectivity index (χ0) is 14.7. The van der Waals surface area contributed by atoms with Crippen molar-refractivity contribution >= 4 is 5.69 Å².